The average Bonchev–Trinajstić information content (AvgIpc) is 3.00. The number of amidine groups is 1. The molecule has 0 atom stereocenters. The largest absolute Gasteiger partial charge is 0.494 e. The van der Waals surface area contributed by atoms with Crippen LogP contribution < -0.4 is 14.8 Å². The number of benzene rings is 2. The minimum Gasteiger partial charge on any atom is -0.494 e. The van der Waals surface area contributed by atoms with Gasteiger partial charge in [-0.05, 0) is 53.7 Å². The minimum absolute atomic E-state index is 0.202. The van der Waals surface area contributed by atoms with Gasteiger partial charge in [0.1, 0.15) is 23.8 Å². The Morgan fingerprint density at radius 1 is 1.26 bits per heavy atom. The van der Waals surface area contributed by atoms with E-state index >= 15 is 0 Å². The lowest BCUT2D eigenvalue weighted by Crippen LogP contribution is -2.19. The van der Waals surface area contributed by atoms with Gasteiger partial charge < -0.3 is 14.8 Å². The highest BCUT2D eigenvalue weighted by Crippen LogP contribution is 2.34. The number of aliphatic imine (C=N–C) groups is 1. The number of thioether (sulfide) groups is 1. The molecular formula is C20H17ClN2O3S. The van der Waals surface area contributed by atoms with Gasteiger partial charge in [-0.25, -0.2) is 4.99 Å². The van der Waals surface area contributed by atoms with E-state index in [1.54, 1.807) is 37.5 Å². The SMILES string of the molecule is C=CCOc1ccc(/C=C2\SC(=Nc3cc(Cl)ccc3OC)NC2=O)cc1. The minimum atomic E-state index is -0.202. The van der Waals surface area contributed by atoms with Gasteiger partial charge in [0.25, 0.3) is 5.91 Å². The van der Waals surface area contributed by atoms with Crippen LogP contribution in [0.2, 0.25) is 5.02 Å². The molecule has 138 valence electrons. The Hall–Kier alpha value is -2.70. The average molecular weight is 401 g/mol. The summed E-state index contributed by atoms with van der Waals surface area (Å²) >= 11 is 7.28. The van der Waals surface area contributed by atoms with Crippen molar-refractivity contribution in [3.05, 3.63) is 70.6 Å². The van der Waals surface area contributed by atoms with E-state index in [2.05, 4.69) is 16.9 Å². The third-order valence-corrected chi connectivity index (χ3v) is 4.70. The maximum atomic E-state index is 12.2. The number of hydrogen-bond donors (Lipinski definition) is 1. The van der Waals surface area contributed by atoms with E-state index in [-0.39, 0.29) is 5.91 Å². The Morgan fingerprint density at radius 2 is 2.04 bits per heavy atom. The lowest BCUT2D eigenvalue weighted by Gasteiger charge is -2.05. The van der Waals surface area contributed by atoms with E-state index in [1.807, 2.05) is 24.3 Å². The van der Waals surface area contributed by atoms with E-state index in [0.717, 1.165) is 11.3 Å². The third-order valence-electron chi connectivity index (χ3n) is 3.56. The second-order valence-corrected chi connectivity index (χ2v) is 6.93. The molecule has 2 aromatic rings. The first kappa shape index (κ1) is 19.1. The highest BCUT2D eigenvalue weighted by Gasteiger charge is 2.24. The lowest BCUT2D eigenvalue weighted by atomic mass is 10.2. The van der Waals surface area contributed by atoms with Gasteiger partial charge in [0, 0.05) is 5.02 Å². The number of nitrogens with zero attached hydrogens (tertiary/aromatic N) is 1. The summed E-state index contributed by atoms with van der Waals surface area (Å²) in [6.45, 7) is 4.06. The van der Waals surface area contributed by atoms with Crippen LogP contribution in [-0.4, -0.2) is 24.8 Å². The fraction of sp³-hybridized carbons (Fsp3) is 0.100. The molecule has 1 amide bonds. The van der Waals surface area contributed by atoms with Crippen LogP contribution in [-0.2, 0) is 4.79 Å². The molecule has 1 fully saturated rings. The number of carbonyl (C=O) groups is 1. The van der Waals surface area contributed by atoms with Gasteiger partial charge in [-0.15, -0.1) is 0 Å². The quantitative estimate of drug-likeness (QED) is 0.558. The zero-order valence-corrected chi connectivity index (χ0v) is 16.1. The predicted molar refractivity (Wildman–Crippen MR) is 111 cm³/mol. The van der Waals surface area contributed by atoms with Crippen molar-refractivity contribution in [3.8, 4) is 11.5 Å². The van der Waals surface area contributed by atoms with Crippen LogP contribution in [0.4, 0.5) is 5.69 Å². The van der Waals surface area contributed by atoms with Crippen LogP contribution in [0.25, 0.3) is 6.08 Å². The summed E-state index contributed by atoms with van der Waals surface area (Å²) in [7, 11) is 1.56. The second-order valence-electron chi connectivity index (χ2n) is 5.47. The van der Waals surface area contributed by atoms with Gasteiger partial charge in [-0.1, -0.05) is 36.4 Å². The van der Waals surface area contributed by atoms with Gasteiger partial charge in [0.2, 0.25) is 0 Å². The number of nitrogens with one attached hydrogen (secondary N) is 1. The normalized spacial score (nSPS) is 16.4. The highest BCUT2D eigenvalue weighted by molar-refractivity contribution is 8.18. The molecule has 3 rings (SSSR count). The Balaban J connectivity index is 1.78. The molecule has 0 bridgehead atoms. The van der Waals surface area contributed by atoms with Crippen molar-refractivity contribution in [2.24, 2.45) is 4.99 Å². The maximum absolute atomic E-state index is 12.2. The van der Waals surface area contributed by atoms with E-state index in [1.165, 1.54) is 11.8 Å². The number of methoxy groups -OCH3 is 1. The summed E-state index contributed by atoms with van der Waals surface area (Å²) in [5.41, 5.74) is 1.44. The van der Waals surface area contributed by atoms with E-state index in [0.29, 0.717) is 33.1 Å². The standard InChI is InChI=1S/C20H17ClN2O3S/c1-3-10-26-15-7-4-13(5-8-15)11-18-19(24)23-20(27-18)22-16-12-14(21)6-9-17(16)25-2/h3-9,11-12H,1,10H2,2H3,(H,22,23,24)/b18-11-. The van der Waals surface area contributed by atoms with Gasteiger partial charge in [-0.2, -0.15) is 0 Å². The summed E-state index contributed by atoms with van der Waals surface area (Å²) in [4.78, 5) is 17.2. The fourth-order valence-electron chi connectivity index (χ4n) is 2.31. The first-order valence-corrected chi connectivity index (χ1v) is 9.25. The summed E-state index contributed by atoms with van der Waals surface area (Å²) < 4.78 is 10.7. The molecule has 7 heteroatoms. The predicted octanol–water partition coefficient (Wildman–Crippen LogP) is 4.81. The van der Waals surface area contributed by atoms with E-state index in [9.17, 15) is 4.79 Å². The lowest BCUT2D eigenvalue weighted by molar-refractivity contribution is -0.115. The molecule has 0 unspecified atom stereocenters. The van der Waals surface area contributed by atoms with Crippen LogP contribution in [0.15, 0.2) is 65.0 Å². The smallest absolute Gasteiger partial charge is 0.264 e. The molecule has 0 saturated carbocycles. The molecular weight excluding hydrogens is 384 g/mol. The van der Waals surface area contributed by atoms with Crippen LogP contribution in [0.1, 0.15) is 5.56 Å². The number of hydrogen-bond acceptors (Lipinski definition) is 5. The molecule has 1 N–H and O–H groups in total. The van der Waals surface area contributed by atoms with Crippen LogP contribution >= 0.6 is 23.4 Å². The zero-order valence-electron chi connectivity index (χ0n) is 14.6. The van der Waals surface area contributed by atoms with Crippen LogP contribution in [0, 0.1) is 0 Å². The molecule has 0 aromatic heterocycles. The van der Waals surface area contributed by atoms with Gasteiger partial charge in [0.15, 0.2) is 5.17 Å². The molecule has 1 saturated heterocycles. The maximum Gasteiger partial charge on any atom is 0.264 e. The first-order chi connectivity index (χ1) is 13.1. The number of carbonyl (C=O) groups excluding carboxylic acids is 1. The Labute approximate surface area is 166 Å². The molecule has 0 spiro atoms. The van der Waals surface area contributed by atoms with E-state index < -0.39 is 0 Å². The molecule has 27 heavy (non-hydrogen) atoms. The van der Waals surface area contributed by atoms with Crippen molar-refractivity contribution < 1.29 is 14.3 Å². The molecule has 0 aliphatic carbocycles. The summed E-state index contributed by atoms with van der Waals surface area (Å²) in [6, 6.07) is 12.6. The van der Waals surface area contributed by atoms with Crippen LogP contribution in [0.3, 0.4) is 0 Å². The van der Waals surface area contributed by atoms with Crippen molar-refractivity contribution in [1.82, 2.24) is 5.32 Å². The van der Waals surface area contributed by atoms with Crippen molar-refractivity contribution in [1.29, 1.82) is 0 Å². The summed E-state index contributed by atoms with van der Waals surface area (Å²) in [6.07, 6.45) is 3.49. The van der Waals surface area contributed by atoms with Gasteiger partial charge in [0.05, 0.1) is 12.0 Å². The van der Waals surface area contributed by atoms with Gasteiger partial charge >= 0.3 is 0 Å². The second kappa shape index (κ2) is 8.79. The third kappa shape index (κ3) is 4.93. The Morgan fingerprint density at radius 3 is 2.74 bits per heavy atom. The Kier molecular flexibility index (Phi) is 6.21. The number of amides is 1. The van der Waals surface area contributed by atoms with Gasteiger partial charge in [-0.3, -0.25) is 4.79 Å². The highest BCUT2D eigenvalue weighted by atomic mass is 35.5. The number of halogens is 1. The molecule has 1 aliphatic rings. The molecule has 1 heterocycles. The summed E-state index contributed by atoms with van der Waals surface area (Å²) in [5.74, 6) is 1.12. The number of ether oxygens (including phenoxy) is 2. The molecule has 2 aromatic carbocycles. The molecule has 1 aliphatic heterocycles. The molecule has 0 radical (unpaired) electrons. The summed E-state index contributed by atoms with van der Waals surface area (Å²) in [5, 5.41) is 3.76. The van der Waals surface area contributed by atoms with Crippen molar-refractivity contribution in [3.63, 3.8) is 0 Å². The first-order valence-electron chi connectivity index (χ1n) is 8.06. The van der Waals surface area contributed by atoms with Crippen molar-refractivity contribution >= 4 is 46.2 Å². The van der Waals surface area contributed by atoms with Crippen molar-refractivity contribution in [2.45, 2.75) is 0 Å². The Bertz CT molecular complexity index is 923. The topological polar surface area (TPSA) is 59.9 Å². The van der Waals surface area contributed by atoms with Crippen LogP contribution in [0.5, 0.6) is 11.5 Å². The van der Waals surface area contributed by atoms with E-state index in [4.69, 9.17) is 21.1 Å². The molecule has 5 nitrogen and oxygen atoms in total. The van der Waals surface area contributed by atoms with Crippen molar-refractivity contribution in [2.75, 3.05) is 13.7 Å². The monoisotopic (exact) mass is 400 g/mol. The fourth-order valence-corrected chi connectivity index (χ4v) is 3.31. The number of rotatable bonds is 6. The zero-order chi connectivity index (χ0) is 19.2.